The lowest BCUT2D eigenvalue weighted by molar-refractivity contribution is 1.36. The molecule has 0 unspecified atom stereocenters. The Kier molecular flexibility index (Phi) is 2.43. The van der Waals surface area contributed by atoms with Gasteiger partial charge in [-0.15, -0.1) is 11.7 Å². The van der Waals surface area contributed by atoms with E-state index in [-0.39, 0.29) is 0 Å². The van der Waals surface area contributed by atoms with Crippen molar-refractivity contribution in [2.45, 2.75) is 4.21 Å². The second-order valence-electron chi connectivity index (χ2n) is 1.09. The summed E-state index contributed by atoms with van der Waals surface area (Å²) in [6.07, 6.45) is 1.85. The van der Waals surface area contributed by atoms with Crippen LogP contribution in [0, 0.1) is 3.95 Å². The minimum atomic E-state index is 0.807. The normalized spacial score (nSPS) is 9.62. The summed E-state index contributed by atoms with van der Waals surface area (Å²) in [6.45, 7) is 0. The molecule has 44 valence electrons. The van der Waals surface area contributed by atoms with Gasteiger partial charge in [0.15, 0.2) is 3.95 Å². The molecule has 5 heteroatoms. The van der Waals surface area contributed by atoms with Gasteiger partial charge in [0.25, 0.3) is 0 Å². The van der Waals surface area contributed by atoms with Crippen molar-refractivity contribution in [1.82, 2.24) is 4.98 Å². The van der Waals surface area contributed by atoms with Gasteiger partial charge in [0.1, 0.15) is 0 Å². The van der Waals surface area contributed by atoms with Crippen molar-refractivity contribution in [2.75, 3.05) is 0 Å². The van der Waals surface area contributed by atoms with Crippen molar-refractivity contribution in [3.63, 3.8) is 0 Å². The highest BCUT2D eigenvalue weighted by Crippen LogP contribution is 2.25. The number of aromatic amines is 1. The van der Waals surface area contributed by atoms with Gasteiger partial charge in [-0.05, 0) is 23.0 Å². The van der Waals surface area contributed by atoms with E-state index in [1.165, 1.54) is 22.1 Å². The van der Waals surface area contributed by atoms with E-state index in [0.29, 0.717) is 0 Å². The fourth-order valence-electron chi connectivity index (χ4n) is 0.313. The quantitative estimate of drug-likeness (QED) is 0.393. The fraction of sp³-hybridized carbons (Fsp3) is 0. The molecule has 0 amide bonds. The Balaban J connectivity index is 3.01. The summed E-state index contributed by atoms with van der Waals surface area (Å²) in [6, 6.07) is 0. The third-order valence-electron chi connectivity index (χ3n) is 0.591. The van der Waals surface area contributed by atoms with Gasteiger partial charge in [-0.1, -0.05) is 11.3 Å². The van der Waals surface area contributed by atoms with Crippen LogP contribution in [0.15, 0.2) is 10.4 Å². The number of thiol groups is 1. The van der Waals surface area contributed by atoms with Crippen molar-refractivity contribution >= 4 is 46.0 Å². The van der Waals surface area contributed by atoms with Crippen LogP contribution in [0.25, 0.3) is 0 Å². The second-order valence-corrected chi connectivity index (χ2v) is 4.24. The Labute approximate surface area is 65.3 Å². The molecule has 0 aromatic carbocycles. The summed E-state index contributed by atoms with van der Waals surface area (Å²) in [5.41, 5.74) is 0. The van der Waals surface area contributed by atoms with E-state index >= 15 is 0 Å². The van der Waals surface area contributed by atoms with E-state index in [0.717, 1.165) is 8.16 Å². The minimum Gasteiger partial charge on any atom is -0.343 e. The first-order valence-electron chi connectivity index (χ1n) is 1.83. The van der Waals surface area contributed by atoms with Crippen LogP contribution >= 0.6 is 46.0 Å². The molecule has 8 heavy (non-hydrogen) atoms. The Morgan fingerprint density at radius 2 is 2.62 bits per heavy atom. The minimum absolute atomic E-state index is 0.807. The molecule has 0 radical (unpaired) electrons. The first kappa shape index (κ1) is 6.67. The Morgan fingerprint density at radius 3 is 2.88 bits per heavy atom. The maximum absolute atomic E-state index is 4.81. The maximum Gasteiger partial charge on any atom is 0.159 e. The molecular formula is C3H3NS4. The van der Waals surface area contributed by atoms with Gasteiger partial charge in [0.2, 0.25) is 0 Å². The molecule has 1 nitrogen and oxygen atoms in total. The van der Waals surface area contributed by atoms with Gasteiger partial charge in [-0.25, -0.2) is 0 Å². The number of aromatic nitrogens is 1. The molecule has 0 saturated carbocycles. The summed E-state index contributed by atoms with van der Waals surface area (Å²) in [5, 5.41) is 0. The zero-order valence-corrected chi connectivity index (χ0v) is 7.09. The first-order chi connectivity index (χ1) is 3.83. The van der Waals surface area contributed by atoms with Crippen LogP contribution in [0.4, 0.5) is 0 Å². The zero-order valence-electron chi connectivity index (χ0n) is 3.75. The van der Waals surface area contributed by atoms with E-state index in [9.17, 15) is 0 Å². The van der Waals surface area contributed by atoms with Crippen molar-refractivity contribution in [1.29, 1.82) is 0 Å². The number of thiazole rings is 1. The average molecular weight is 181 g/mol. The van der Waals surface area contributed by atoms with Crippen molar-refractivity contribution < 1.29 is 0 Å². The largest absolute Gasteiger partial charge is 0.343 e. The molecule has 1 rings (SSSR count). The summed E-state index contributed by atoms with van der Waals surface area (Å²) < 4.78 is 1.92. The predicted octanol–water partition coefficient (Wildman–Crippen LogP) is 2.74. The van der Waals surface area contributed by atoms with Crippen molar-refractivity contribution in [2.24, 2.45) is 0 Å². The van der Waals surface area contributed by atoms with Crippen LogP contribution in [0.1, 0.15) is 0 Å². The SMILES string of the molecule is S=c1[nH]cc(SS)s1. The number of hydrogen-bond acceptors (Lipinski definition) is 4. The number of hydrogen-bond donors (Lipinski definition) is 2. The second kappa shape index (κ2) is 2.91. The van der Waals surface area contributed by atoms with Crippen molar-refractivity contribution in [3.05, 3.63) is 10.2 Å². The molecule has 0 spiro atoms. The lowest BCUT2D eigenvalue weighted by Gasteiger charge is -1.75. The van der Waals surface area contributed by atoms with E-state index in [4.69, 9.17) is 12.2 Å². The van der Waals surface area contributed by atoms with Crippen LogP contribution < -0.4 is 0 Å². The predicted molar refractivity (Wildman–Crippen MR) is 44.3 cm³/mol. The topological polar surface area (TPSA) is 15.8 Å². The number of H-pyrrole nitrogens is 1. The van der Waals surface area contributed by atoms with Crippen LogP contribution in [0.2, 0.25) is 0 Å². The van der Waals surface area contributed by atoms with Gasteiger partial charge in [-0.3, -0.25) is 0 Å². The van der Waals surface area contributed by atoms with E-state index < -0.39 is 0 Å². The van der Waals surface area contributed by atoms with Gasteiger partial charge >= 0.3 is 0 Å². The standard InChI is InChI=1S/C3H3NS4/c5-3-4-1-2(7-3)8-6/h1,6H,(H,4,5). The van der Waals surface area contributed by atoms with Gasteiger partial charge < -0.3 is 4.98 Å². The molecular weight excluding hydrogens is 178 g/mol. The number of nitrogens with one attached hydrogen (secondary N) is 1. The van der Waals surface area contributed by atoms with Gasteiger partial charge in [0.05, 0.1) is 4.21 Å². The molecule has 1 N–H and O–H groups in total. The summed E-state index contributed by atoms with van der Waals surface area (Å²) in [4.78, 5) is 2.88. The Bertz CT molecular complexity index is 211. The van der Waals surface area contributed by atoms with Crippen LogP contribution in [-0.4, -0.2) is 4.98 Å². The van der Waals surface area contributed by atoms with Gasteiger partial charge in [0, 0.05) is 6.20 Å². The number of rotatable bonds is 1. The van der Waals surface area contributed by atoms with Crippen LogP contribution in [0.5, 0.6) is 0 Å². The molecule has 1 aromatic rings. The molecule has 0 bridgehead atoms. The summed E-state index contributed by atoms with van der Waals surface area (Å²) in [7, 11) is 1.40. The smallest absolute Gasteiger partial charge is 0.159 e. The molecule has 1 aromatic heterocycles. The van der Waals surface area contributed by atoms with Gasteiger partial charge in [-0.2, -0.15) is 0 Å². The monoisotopic (exact) mass is 181 g/mol. The fourth-order valence-corrected chi connectivity index (χ4v) is 2.22. The molecule has 0 saturated heterocycles. The lowest BCUT2D eigenvalue weighted by Crippen LogP contribution is -1.48. The molecule has 0 aliphatic rings. The van der Waals surface area contributed by atoms with Crippen LogP contribution in [-0.2, 0) is 0 Å². The van der Waals surface area contributed by atoms with E-state index in [1.54, 1.807) is 0 Å². The van der Waals surface area contributed by atoms with Crippen LogP contribution in [0.3, 0.4) is 0 Å². The lowest BCUT2D eigenvalue weighted by atomic mass is 11.0. The third-order valence-corrected chi connectivity index (χ3v) is 3.34. The Hall–Kier alpha value is 0.550. The molecule has 0 aliphatic carbocycles. The summed E-state index contributed by atoms with van der Waals surface area (Å²) in [5.74, 6) is 0. The van der Waals surface area contributed by atoms with E-state index in [2.05, 4.69) is 16.6 Å². The highest BCUT2D eigenvalue weighted by Gasteiger charge is 1.88. The Morgan fingerprint density at radius 1 is 1.88 bits per heavy atom. The average Bonchev–Trinajstić information content (AvgIpc) is 2.14. The molecule has 0 fully saturated rings. The maximum atomic E-state index is 4.81. The highest BCUT2D eigenvalue weighted by atomic mass is 33.1. The van der Waals surface area contributed by atoms with E-state index in [1.807, 2.05) is 6.20 Å². The summed E-state index contributed by atoms with van der Waals surface area (Å²) >= 11 is 10.3. The molecule has 1 heterocycles. The highest BCUT2D eigenvalue weighted by molar-refractivity contribution is 8.69. The van der Waals surface area contributed by atoms with Crippen molar-refractivity contribution in [3.8, 4) is 0 Å². The molecule has 0 aliphatic heterocycles. The zero-order chi connectivity index (χ0) is 5.98. The third kappa shape index (κ3) is 1.51. The molecule has 0 atom stereocenters. The first-order valence-corrected chi connectivity index (χ1v) is 4.92.